The summed E-state index contributed by atoms with van der Waals surface area (Å²) >= 11 is 0. The van der Waals surface area contributed by atoms with Crippen LogP contribution in [0.2, 0.25) is 0 Å². The third-order valence-electron chi connectivity index (χ3n) is 6.91. The molecule has 1 aliphatic heterocycles. The van der Waals surface area contributed by atoms with Crippen molar-refractivity contribution in [3.8, 4) is 5.75 Å². The Morgan fingerprint density at radius 2 is 1.86 bits per heavy atom. The Bertz CT molecular complexity index is 1480. The molecular weight excluding hydrogens is 448 g/mol. The van der Waals surface area contributed by atoms with Gasteiger partial charge in [-0.2, -0.15) is 0 Å². The first-order valence-corrected chi connectivity index (χ1v) is 12.4. The zero-order valence-electron chi connectivity index (χ0n) is 20.0. The predicted octanol–water partition coefficient (Wildman–Crippen LogP) is 4.05. The van der Waals surface area contributed by atoms with Crippen LogP contribution in [0.15, 0.2) is 91.4 Å². The molecule has 5 aromatic rings. The molecule has 0 bridgehead atoms. The van der Waals surface area contributed by atoms with Gasteiger partial charge in [-0.05, 0) is 46.4 Å². The van der Waals surface area contributed by atoms with Gasteiger partial charge in [0.25, 0.3) is 0 Å². The van der Waals surface area contributed by atoms with E-state index in [-0.39, 0.29) is 12.6 Å². The molecule has 3 N–H and O–H groups in total. The molecule has 2 aromatic heterocycles. The second kappa shape index (κ2) is 9.93. The summed E-state index contributed by atoms with van der Waals surface area (Å²) in [5, 5.41) is 13.8. The Morgan fingerprint density at radius 1 is 1.00 bits per heavy atom. The Balaban J connectivity index is 1.23. The van der Waals surface area contributed by atoms with E-state index in [1.54, 1.807) is 6.20 Å². The van der Waals surface area contributed by atoms with Crippen LogP contribution in [0.25, 0.3) is 5.78 Å². The minimum Gasteiger partial charge on any atom is -0.489 e. The molecule has 6 nitrogen and oxygen atoms in total. The first-order valence-electron chi connectivity index (χ1n) is 12.4. The fraction of sp³-hybridized carbons (Fsp3) is 0.200. The summed E-state index contributed by atoms with van der Waals surface area (Å²) in [4.78, 5) is 7.59. The lowest BCUT2D eigenvalue weighted by molar-refractivity contribution is -0.521. The van der Waals surface area contributed by atoms with Gasteiger partial charge in [-0.1, -0.05) is 59.6 Å². The molecule has 0 saturated heterocycles. The lowest BCUT2D eigenvalue weighted by Gasteiger charge is -2.29. The predicted molar refractivity (Wildman–Crippen MR) is 138 cm³/mol. The van der Waals surface area contributed by atoms with Gasteiger partial charge in [-0.25, -0.2) is 9.38 Å². The number of hydrogen-bond donors (Lipinski definition) is 3. The fourth-order valence-electron chi connectivity index (χ4n) is 5.02. The topological polar surface area (TPSA) is 74.3 Å². The lowest BCUT2D eigenvalue weighted by atomic mass is 9.88. The monoisotopic (exact) mass is 477 g/mol. The molecule has 180 valence electrons. The average Bonchev–Trinajstić information content (AvgIpc) is 3.34. The van der Waals surface area contributed by atoms with Crippen molar-refractivity contribution in [1.82, 2.24) is 15.3 Å². The number of H-pyrrole nitrogens is 1. The number of benzene rings is 3. The van der Waals surface area contributed by atoms with Crippen LogP contribution in [0.5, 0.6) is 5.75 Å². The molecule has 36 heavy (non-hydrogen) atoms. The number of imidazole rings is 1. The molecule has 6 heteroatoms. The molecule has 1 unspecified atom stereocenters. The Morgan fingerprint density at radius 3 is 2.69 bits per heavy atom. The van der Waals surface area contributed by atoms with Crippen LogP contribution < -0.4 is 14.5 Å². The van der Waals surface area contributed by atoms with Crippen LogP contribution in [-0.4, -0.2) is 21.6 Å². The van der Waals surface area contributed by atoms with Gasteiger partial charge in [0.05, 0.1) is 25.0 Å². The van der Waals surface area contributed by atoms with Crippen molar-refractivity contribution in [2.45, 2.75) is 32.1 Å². The van der Waals surface area contributed by atoms with Crippen molar-refractivity contribution in [2.24, 2.45) is 0 Å². The Hall–Kier alpha value is -4.00. The van der Waals surface area contributed by atoms with Crippen molar-refractivity contribution < 1.29 is 14.2 Å². The van der Waals surface area contributed by atoms with E-state index in [0.29, 0.717) is 6.61 Å². The first kappa shape index (κ1) is 22.5. The third kappa shape index (κ3) is 4.49. The maximum Gasteiger partial charge on any atom is 0.400 e. The number of aromatic nitrogens is 3. The van der Waals surface area contributed by atoms with E-state index in [1.165, 1.54) is 27.9 Å². The van der Waals surface area contributed by atoms with E-state index in [2.05, 4.69) is 68.2 Å². The van der Waals surface area contributed by atoms with E-state index in [0.717, 1.165) is 42.0 Å². The number of rotatable bonds is 7. The molecule has 0 spiro atoms. The van der Waals surface area contributed by atoms with Crippen LogP contribution >= 0.6 is 0 Å². The highest BCUT2D eigenvalue weighted by molar-refractivity contribution is 5.48. The molecule has 3 heterocycles. The normalized spacial score (nSPS) is 15.1. The van der Waals surface area contributed by atoms with Gasteiger partial charge in [0.15, 0.2) is 0 Å². The zero-order valence-corrected chi connectivity index (χ0v) is 20.0. The van der Waals surface area contributed by atoms with E-state index >= 15 is 0 Å². The highest BCUT2D eigenvalue weighted by Gasteiger charge is 2.24. The van der Waals surface area contributed by atoms with Crippen LogP contribution in [0.3, 0.4) is 0 Å². The minimum absolute atomic E-state index is 0.0554. The summed E-state index contributed by atoms with van der Waals surface area (Å²) in [6.07, 6.45) is 7.59. The van der Waals surface area contributed by atoms with E-state index in [1.807, 2.05) is 36.7 Å². The van der Waals surface area contributed by atoms with E-state index in [4.69, 9.17) is 4.74 Å². The number of fused-ring (bicyclic) bond motifs is 2. The SMILES string of the molecule is OCc1cc2c(cc1OCc1ccccc1)CCNC2c1ccc(Cc2c[nH]c3nccc[n+]23)cc1. The van der Waals surface area contributed by atoms with E-state index in [9.17, 15) is 5.11 Å². The van der Waals surface area contributed by atoms with Crippen molar-refractivity contribution >= 4 is 5.78 Å². The highest BCUT2D eigenvalue weighted by Crippen LogP contribution is 2.34. The first-order chi connectivity index (χ1) is 17.8. The zero-order chi connectivity index (χ0) is 24.3. The number of nitrogens with zero attached hydrogens (tertiary/aromatic N) is 2. The molecule has 0 aliphatic carbocycles. The van der Waals surface area contributed by atoms with E-state index < -0.39 is 0 Å². The number of nitrogens with one attached hydrogen (secondary N) is 2. The van der Waals surface area contributed by atoms with Crippen LogP contribution in [0.1, 0.15) is 45.1 Å². The quantitative estimate of drug-likeness (QED) is 0.309. The smallest absolute Gasteiger partial charge is 0.400 e. The highest BCUT2D eigenvalue weighted by atomic mass is 16.5. The number of hydrogen-bond acceptors (Lipinski definition) is 4. The summed E-state index contributed by atoms with van der Waals surface area (Å²) in [5.74, 6) is 1.61. The maximum absolute atomic E-state index is 10.1. The number of ether oxygens (including phenoxy) is 1. The van der Waals surface area contributed by atoms with Gasteiger partial charge in [0.1, 0.15) is 24.2 Å². The summed E-state index contributed by atoms with van der Waals surface area (Å²) < 4.78 is 8.21. The number of aromatic amines is 1. The molecule has 0 amide bonds. The second-order valence-corrected chi connectivity index (χ2v) is 9.24. The third-order valence-corrected chi connectivity index (χ3v) is 6.91. The second-order valence-electron chi connectivity index (χ2n) is 9.24. The Labute approximate surface area is 210 Å². The molecule has 1 aliphatic rings. The van der Waals surface area contributed by atoms with Crippen molar-refractivity contribution in [3.63, 3.8) is 0 Å². The summed E-state index contributed by atoms with van der Waals surface area (Å²) in [6.45, 7) is 1.33. The fourth-order valence-corrected chi connectivity index (χ4v) is 5.02. The van der Waals surface area contributed by atoms with Gasteiger partial charge in [0, 0.05) is 24.6 Å². The molecule has 0 fully saturated rings. The lowest BCUT2D eigenvalue weighted by Crippen LogP contribution is -2.30. The van der Waals surface area contributed by atoms with Gasteiger partial charge in [-0.15, -0.1) is 0 Å². The number of aliphatic hydroxyl groups excluding tert-OH is 1. The molecule has 1 atom stereocenters. The van der Waals surface area contributed by atoms with Gasteiger partial charge in [0.2, 0.25) is 0 Å². The molecular formula is C30H29N4O2+. The van der Waals surface area contributed by atoms with Gasteiger partial charge < -0.3 is 15.2 Å². The molecule has 6 rings (SSSR count). The molecule has 0 radical (unpaired) electrons. The van der Waals surface area contributed by atoms with Gasteiger partial charge in [-0.3, -0.25) is 0 Å². The van der Waals surface area contributed by atoms with Crippen LogP contribution in [0, 0.1) is 0 Å². The summed E-state index contributed by atoms with van der Waals surface area (Å²) in [6, 6.07) is 25.2. The maximum atomic E-state index is 10.1. The largest absolute Gasteiger partial charge is 0.489 e. The minimum atomic E-state index is -0.0554. The molecule has 0 saturated carbocycles. The average molecular weight is 478 g/mol. The molecule has 3 aromatic carbocycles. The van der Waals surface area contributed by atoms with Crippen LogP contribution in [-0.2, 0) is 26.1 Å². The standard InChI is InChI=1S/C30H28N4O2/c35-19-25-16-27-24(17-28(25)36-20-22-5-2-1-3-6-22)11-13-31-29(27)23-9-7-21(8-10-23)15-26-18-33-30-32-12-4-14-34(26)30/h1-10,12,14,16-18,29,31,35H,11,13,15,19-20H2/p+1. The van der Waals surface area contributed by atoms with Crippen molar-refractivity contribution in [3.05, 3.63) is 130 Å². The van der Waals surface area contributed by atoms with Crippen molar-refractivity contribution in [1.29, 1.82) is 0 Å². The van der Waals surface area contributed by atoms with Crippen LogP contribution in [0.4, 0.5) is 0 Å². The number of aliphatic hydroxyl groups is 1. The summed E-state index contributed by atoms with van der Waals surface area (Å²) in [5.41, 5.74) is 8.04. The Kier molecular flexibility index (Phi) is 6.20. The summed E-state index contributed by atoms with van der Waals surface area (Å²) in [7, 11) is 0. The van der Waals surface area contributed by atoms with Gasteiger partial charge >= 0.3 is 5.78 Å². The van der Waals surface area contributed by atoms with Crippen molar-refractivity contribution in [2.75, 3.05) is 6.54 Å².